The Morgan fingerprint density at radius 1 is 1.35 bits per heavy atom. The molecule has 0 saturated carbocycles. The molecule has 1 atom stereocenters. The van der Waals surface area contributed by atoms with Gasteiger partial charge in [0.1, 0.15) is 0 Å². The highest BCUT2D eigenvalue weighted by molar-refractivity contribution is 7.09. The molecule has 2 rings (SSSR count). The Labute approximate surface area is 122 Å². The molecule has 2 aromatic rings. The van der Waals surface area contributed by atoms with Gasteiger partial charge in [0.25, 0.3) is 0 Å². The number of carbonyl (C=O) groups is 1. The number of hydrogen-bond donors (Lipinski definition) is 1. The third-order valence-electron chi connectivity index (χ3n) is 2.82. The number of hydrogen-bond acceptors (Lipinski definition) is 5. The summed E-state index contributed by atoms with van der Waals surface area (Å²) in [6, 6.07) is 7.32. The first-order valence-electron chi connectivity index (χ1n) is 6.52. The van der Waals surface area contributed by atoms with Gasteiger partial charge < -0.3 is 10.1 Å². The Morgan fingerprint density at radius 2 is 2.05 bits per heavy atom. The zero-order valence-corrected chi connectivity index (χ0v) is 12.7. The Balaban J connectivity index is 2.22. The predicted molar refractivity (Wildman–Crippen MR) is 81.0 cm³/mol. The molecule has 1 heterocycles. The molecule has 106 valence electrons. The van der Waals surface area contributed by atoms with E-state index in [2.05, 4.69) is 10.3 Å². The van der Waals surface area contributed by atoms with E-state index < -0.39 is 6.04 Å². The Morgan fingerprint density at radius 3 is 2.60 bits per heavy atom. The maximum absolute atomic E-state index is 12.1. The van der Waals surface area contributed by atoms with Crippen molar-refractivity contribution in [3.8, 4) is 0 Å². The number of aromatic nitrogens is 1. The molecule has 0 radical (unpaired) electrons. The molecule has 0 bridgehead atoms. The summed E-state index contributed by atoms with van der Waals surface area (Å²) in [6.07, 6.45) is 0. The highest BCUT2D eigenvalue weighted by Crippen LogP contribution is 2.23. The number of aryl methyl sites for hydroxylation is 2. The van der Waals surface area contributed by atoms with Gasteiger partial charge in [-0.1, -0.05) is 17.7 Å². The molecule has 0 amide bonds. The smallest absolute Gasteiger partial charge is 0.334 e. The van der Waals surface area contributed by atoms with E-state index in [1.54, 1.807) is 6.92 Å². The van der Waals surface area contributed by atoms with Crippen molar-refractivity contribution in [2.45, 2.75) is 26.8 Å². The molecule has 1 unspecified atom stereocenters. The molecule has 1 N–H and O–H groups in total. The van der Waals surface area contributed by atoms with E-state index in [1.807, 2.05) is 43.5 Å². The van der Waals surface area contributed by atoms with Crippen molar-refractivity contribution < 1.29 is 9.53 Å². The second-order valence-corrected chi connectivity index (χ2v) is 5.55. The van der Waals surface area contributed by atoms with Crippen molar-refractivity contribution in [3.05, 3.63) is 45.9 Å². The molecule has 0 aliphatic carbocycles. The zero-order valence-electron chi connectivity index (χ0n) is 11.8. The monoisotopic (exact) mass is 290 g/mol. The van der Waals surface area contributed by atoms with Gasteiger partial charge in [0.2, 0.25) is 0 Å². The van der Waals surface area contributed by atoms with E-state index in [0.29, 0.717) is 12.3 Å². The minimum absolute atomic E-state index is 0.307. The lowest BCUT2D eigenvalue weighted by atomic mass is 10.2. The van der Waals surface area contributed by atoms with Crippen molar-refractivity contribution in [2.24, 2.45) is 0 Å². The van der Waals surface area contributed by atoms with Gasteiger partial charge in [-0.2, -0.15) is 0 Å². The highest BCUT2D eigenvalue weighted by atomic mass is 32.1. The number of rotatable bonds is 5. The summed E-state index contributed by atoms with van der Waals surface area (Å²) in [5.41, 5.74) is 2.75. The van der Waals surface area contributed by atoms with E-state index in [4.69, 9.17) is 4.74 Å². The molecule has 0 fully saturated rings. The van der Waals surface area contributed by atoms with Crippen LogP contribution < -0.4 is 5.32 Å². The van der Waals surface area contributed by atoms with E-state index in [1.165, 1.54) is 16.9 Å². The quantitative estimate of drug-likeness (QED) is 0.857. The minimum Gasteiger partial charge on any atom is -0.464 e. The van der Waals surface area contributed by atoms with Gasteiger partial charge in [0.15, 0.2) is 6.04 Å². The second-order valence-electron chi connectivity index (χ2n) is 4.49. The predicted octanol–water partition coefficient (Wildman–Crippen LogP) is 3.48. The topological polar surface area (TPSA) is 51.2 Å². The van der Waals surface area contributed by atoms with Gasteiger partial charge in [-0.25, -0.2) is 9.78 Å². The van der Waals surface area contributed by atoms with E-state index >= 15 is 0 Å². The molecular formula is C15H18N2O2S. The molecule has 0 saturated heterocycles. The van der Waals surface area contributed by atoms with Crippen molar-refractivity contribution in [3.63, 3.8) is 0 Å². The number of anilines is 1. The first-order chi connectivity index (χ1) is 9.60. The van der Waals surface area contributed by atoms with E-state index in [0.717, 1.165) is 10.7 Å². The van der Waals surface area contributed by atoms with E-state index in [-0.39, 0.29) is 5.97 Å². The first kappa shape index (κ1) is 14.5. The molecule has 20 heavy (non-hydrogen) atoms. The third-order valence-corrected chi connectivity index (χ3v) is 3.61. The summed E-state index contributed by atoms with van der Waals surface area (Å²) < 4.78 is 5.13. The maximum Gasteiger partial charge on any atom is 0.334 e. The Hall–Kier alpha value is -1.88. The van der Waals surface area contributed by atoms with Crippen LogP contribution in [0.15, 0.2) is 29.6 Å². The summed E-state index contributed by atoms with van der Waals surface area (Å²) in [5, 5.41) is 6.01. The Bertz CT molecular complexity index is 578. The SMILES string of the molecule is CCOC(=O)C(Nc1ccc(C)cc1)c1csc(C)n1. The molecule has 5 heteroatoms. The minimum atomic E-state index is -0.567. The fourth-order valence-electron chi connectivity index (χ4n) is 1.81. The highest BCUT2D eigenvalue weighted by Gasteiger charge is 2.24. The largest absolute Gasteiger partial charge is 0.464 e. The zero-order chi connectivity index (χ0) is 14.5. The molecule has 1 aromatic carbocycles. The van der Waals surface area contributed by atoms with Gasteiger partial charge in [0.05, 0.1) is 17.3 Å². The number of nitrogens with zero attached hydrogens (tertiary/aromatic N) is 1. The van der Waals surface area contributed by atoms with Crippen molar-refractivity contribution in [1.82, 2.24) is 4.98 Å². The van der Waals surface area contributed by atoms with Crippen LogP contribution in [0.4, 0.5) is 5.69 Å². The lowest BCUT2D eigenvalue weighted by Crippen LogP contribution is -2.23. The number of thiazole rings is 1. The van der Waals surface area contributed by atoms with Crippen LogP contribution in [-0.4, -0.2) is 17.6 Å². The van der Waals surface area contributed by atoms with Crippen LogP contribution in [0.2, 0.25) is 0 Å². The molecule has 0 spiro atoms. The van der Waals surface area contributed by atoms with E-state index in [9.17, 15) is 4.79 Å². The average Bonchev–Trinajstić information content (AvgIpc) is 2.84. The van der Waals surface area contributed by atoms with Gasteiger partial charge in [-0.05, 0) is 32.9 Å². The summed E-state index contributed by atoms with van der Waals surface area (Å²) >= 11 is 1.52. The summed E-state index contributed by atoms with van der Waals surface area (Å²) in [7, 11) is 0. The fourth-order valence-corrected chi connectivity index (χ4v) is 2.45. The van der Waals surface area contributed by atoms with Crippen LogP contribution in [0.5, 0.6) is 0 Å². The number of carbonyl (C=O) groups excluding carboxylic acids is 1. The number of esters is 1. The van der Waals surface area contributed by atoms with Crippen molar-refractivity contribution in [2.75, 3.05) is 11.9 Å². The molecule has 0 aliphatic rings. The molecular weight excluding hydrogens is 272 g/mol. The lowest BCUT2D eigenvalue weighted by Gasteiger charge is -2.16. The van der Waals surface area contributed by atoms with Crippen LogP contribution in [0.3, 0.4) is 0 Å². The van der Waals surface area contributed by atoms with Gasteiger partial charge in [-0.15, -0.1) is 11.3 Å². The number of benzene rings is 1. The van der Waals surface area contributed by atoms with Crippen molar-refractivity contribution >= 4 is 23.0 Å². The first-order valence-corrected chi connectivity index (χ1v) is 7.40. The van der Waals surface area contributed by atoms with Crippen LogP contribution >= 0.6 is 11.3 Å². The average molecular weight is 290 g/mol. The molecule has 0 aliphatic heterocycles. The second kappa shape index (κ2) is 6.52. The third kappa shape index (κ3) is 3.57. The standard InChI is InChI=1S/C15H18N2O2S/c1-4-19-15(18)14(13-9-20-11(3)16-13)17-12-7-5-10(2)6-8-12/h5-9,14,17H,4H2,1-3H3. The Kier molecular flexibility index (Phi) is 4.74. The number of ether oxygens (including phenoxy) is 1. The fraction of sp³-hybridized carbons (Fsp3) is 0.333. The molecule has 1 aromatic heterocycles. The van der Waals surface area contributed by atoms with Crippen LogP contribution in [0.25, 0.3) is 0 Å². The summed E-state index contributed by atoms with van der Waals surface area (Å²) in [5.74, 6) is -0.307. The number of nitrogens with one attached hydrogen (secondary N) is 1. The summed E-state index contributed by atoms with van der Waals surface area (Å²) in [6.45, 7) is 6.10. The summed E-state index contributed by atoms with van der Waals surface area (Å²) in [4.78, 5) is 16.5. The normalized spacial score (nSPS) is 11.9. The van der Waals surface area contributed by atoms with Gasteiger partial charge in [-0.3, -0.25) is 0 Å². The molecule has 4 nitrogen and oxygen atoms in total. The van der Waals surface area contributed by atoms with Crippen LogP contribution in [0.1, 0.15) is 29.2 Å². The maximum atomic E-state index is 12.1. The van der Waals surface area contributed by atoms with Gasteiger partial charge in [0, 0.05) is 11.1 Å². The van der Waals surface area contributed by atoms with Crippen LogP contribution in [-0.2, 0) is 9.53 Å². The lowest BCUT2D eigenvalue weighted by molar-refractivity contribution is -0.144. The van der Waals surface area contributed by atoms with Crippen molar-refractivity contribution in [1.29, 1.82) is 0 Å². The van der Waals surface area contributed by atoms with Crippen LogP contribution in [0, 0.1) is 13.8 Å². The van der Waals surface area contributed by atoms with Gasteiger partial charge >= 0.3 is 5.97 Å².